The van der Waals surface area contributed by atoms with Gasteiger partial charge in [-0.05, 0) is 11.5 Å². The van der Waals surface area contributed by atoms with E-state index in [0.29, 0.717) is 5.71 Å². The van der Waals surface area contributed by atoms with Gasteiger partial charge in [0.2, 0.25) is 5.71 Å². The topological polar surface area (TPSA) is 38.9 Å². The number of hydrogen-bond donors (Lipinski definition) is 0. The molecule has 23 heavy (non-hydrogen) atoms. The minimum atomic E-state index is 0.630. The summed E-state index contributed by atoms with van der Waals surface area (Å²) in [4.78, 5) is 8.84. The summed E-state index contributed by atoms with van der Waals surface area (Å²) in [5.41, 5.74) is 3.47. The van der Waals surface area contributed by atoms with E-state index in [1.54, 1.807) is 6.33 Å². The summed E-state index contributed by atoms with van der Waals surface area (Å²) >= 11 is 0. The Labute approximate surface area is 132 Å². The van der Waals surface area contributed by atoms with Crippen molar-refractivity contribution in [1.29, 1.82) is 0 Å². The largest absolute Gasteiger partial charge is 0.437 e. The van der Waals surface area contributed by atoms with Gasteiger partial charge in [0.15, 0.2) is 0 Å². The fourth-order valence-electron chi connectivity index (χ4n) is 3.15. The summed E-state index contributed by atoms with van der Waals surface area (Å²) in [6, 6.07) is 22.6. The highest BCUT2D eigenvalue weighted by atomic mass is 16.3. The van der Waals surface area contributed by atoms with Gasteiger partial charge in [0.1, 0.15) is 11.9 Å². The van der Waals surface area contributed by atoms with E-state index in [1.807, 2.05) is 30.3 Å². The van der Waals surface area contributed by atoms with E-state index in [2.05, 4.69) is 46.4 Å². The van der Waals surface area contributed by atoms with Crippen LogP contribution in [-0.4, -0.2) is 9.97 Å². The van der Waals surface area contributed by atoms with Gasteiger partial charge in [-0.15, -0.1) is 0 Å². The Balaban J connectivity index is 1.97. The highest BCUT2D eigenvalue weighted by Gasteiger charge is 2.16. The molecule has 2 heterocycles. The molecule has 3 aromatic carbocycles. The van der Waals surface area contributed by atoms with E-state index in [4.69, 9.17) is 4.42 Å². The van der Waals surface area contributed by atoms with Crippen LogP contribution in [0.15, 0.2) is 77.5 Å². The van der Waals surface area contributed by atoms with Crippen molar-refractivity contribution in [3.63, 3.8) is 0 Å². The second-order valence-corrected chi connectivity index (χ2v) is 5.53. The molecule has 0 aliphatic rings. The first kappa shape index (κ1) is 12.4. The zero-order chi connectivity index (χ0) is 15.2. The van der Waals surface area contributed by atoms with Crippen LogP contribution in [0.25, 0.3) is 44.1 Å². The van der Waals surface area contributed by atoms with Crippen molar-refractivity contribution in [2.24, 2.45) is 0 Å². The standard InChI is InChI=1S/C20H12N2O/c1-2-7-14(8-3-1)18-17-16-11-10-13-6-4-5-9-15(13)19(16)23-20(17)22-12-21-18/h1-12H. The summed E-state index contributed by atoms with van der Waals surface area (Å²) in [6.45, 7) is 0. The lowest BCUT2D eigenvalue weighted by Crippen LogP contribution is -1.86. The monoisotopic (exact) mass is 296 g/mol. The molecule has 0 fully saturated rings. The molecular formula is C20H12N2O. The fraction of sp³-hybridized carbons (Fsp3) is 0. The number of rotatable bonds is 1. The number of nitrogens with zero attached hydrogens (tertiary/aromatic N) is 2. The predicted octanol–water partition coefficient (Wildman–Crippen LogP) is 5.20. The smallest absolute Gasteiger partial charge is 0.231 e. The van der Waals surface area contributed by atoms with E-state index in [0.717, 1.165) is 38.4 Å². The molecule has 0 bridgehead atoms. The van der Waals surface area contributed by atoms with Gasteiger partial charge in [-0.2, -0.15) is 0 Å². The predicted molar refractivity (Wildman–Crippen MR) is 92.3 cm³/mol. The molecule has 5 aromatic rings. The lowest BCUT2D eigenvalue weighted by atomic mass is 10.0. The molecule has 5 rings (SSSR count). The Bertz CT molecular complexity index is 1160. The van der Waals surface area contributed by atoms with Crippen LogP contribution in [0.4, 0.5) is 0 Å². The van der Waals surface area contributed by atoms with Crippen LogP contribution < -0.4 is 0 Å². The van der Waals surface area contributed by atoms with E-state index < -0.39 is 0 Å². The SMILES string of the molecule is c1ccc(-c2ncnc3oc4c5ccccc5ccc4c23)cc1. The first-order valence-corrected chi connectivity index (χ1v) is 7.52. The maximum Gasteiger partial charge on any atom is 0.231 e. The Morgan fingerprint density at radius 1 is 0.696 bits per heavy atom. The highest BCUT2D eigenvalue weighted by Crippen LogP contribution is 2.37. The van der Waals surface area contributed by atoms with E-state index in [1.165, 1.54) is 0 Å². The molecule has 3 heteroatoms. The molecule has 0 spiro atoms. The lowest BCUT2D eigenvalue weighted by molar-refractivity contribution is 0.656. The zero-order valence-corrected chi connectivity index (χ0v) is 12.2. The molecule has 0 aliphatic heterocycles. The summed E-state index contributed by atoms with van der Waals surface area (Å²) in [7, 11) is 0. The summed E-state index contributed by atoms with van der Waals surface area (Å²) in [6.07, 6.45) is 1.56. The molecule has 0 aliphatic carbocycles. The summed E-state index contributed by atoms with van der Waals surface area (Å²) < 4.78 is 6.08. The van der Waals surface area contributed by atoms with Crippen LogP contribution in [0.5, 0.6) is 0 Å². The molecular weight excluding hydrogens is 284 g/mol. The summed E-state index contributed by atoms with van der Waals surface area (Å²) in [5, 5.41) is 4.29. The van der Waals surface area contributed by atoms with Gasteiger partial charge < -0.3 is 4.42 Å². The molecule has 0 unspecified atom stereocenters. The maximum absolute atomic E-state index is 6.08. The van der Waals surface area contributed by atoms with Gasteiger partial charge >= 0.3 is 0 Å². The Morgan fingerprint density at radius 3 is 2.43 bits per heavy atom. The number of benzene rings is 3. The third-order valence-corrected chi connectivity index (χ3v) is 4.21. The summed E-state index contributed by atoms with van der Waals surface area (Å²) in [5.74, 6) is 0. The first-order chi connectivity index (χ1) is 11.4. The molecule has 108 valence electrons. The third-order valence-electron chi connectivity index (χ3n) is 4.21. The number of aromatic nitrogens is 2. The molecule has 3 nitrogen and oxygen atoms in total. The zero-order valence-electron chi connectivity index (χ0n) is 12.2. The van der Waals surface area contributed by atoms with Crippen molar-refractivity contribution in [1.82, 2.24) is 9.97 Å². The minimum absolute atomic E-state index is 0.630. The van der Waals surface area contributed by atoms with Crippen molar-refractivity contribution in [2.45, 2.75) is 0 Å². The van der Waals surface area contributed by atoms with Crippen molar-refractivity contribution in [3.8, 4) is 11.3 Å². The van der Waals surface area contributed by atoms with Crippen LogP contribution in [0.2, 0.25) is 0 Å². The quantitative estimate of drug-likeness (QED) is 0.427. The van der Waals surface area contributed by atoms with E-state index in [-0.39, 0.29) is 0 Å². The Hall–Kier alpha value is -3.20. The van der Waals surface area contributed by atoms with Gasteiger partial charge in [-0.25, -0.2) is 9.97 Å². The Morgan fingerprint density at radius 2 is 1.52 bits per heavy atom. The average Bonchev–Trinajstić information content (AvgIpc) is 3.01. The van der Waals surface area contributed by atoms with E-state index >= 15 is 0 Å². The van der Waals surface area contributed by atoms with Gasteiger partial charge in [0.05, 0.1) is 11.1 Å². The van der Waals surface area contributed by atoms with Crippen LogP contribution in [0.3, 0.4) is 0 Å². The lowest BCUT2D eigenvalue weighted by Gasteiger charge is -2.01. The van der Waals surface area contributed by atoms with Gasteiger partial charge in [0.25, 0.3) is 0 Å². The normalized spacial score (nSPS) is 11.5. The number of fused-ring (bicyclic) bond motifs is 5. The molecule has 0 atom stereocenters. The number of hydrogen-bond acceptors (Lipinski definition) is 3. The second-order valence-electron chi connectivity index (χ2n) is 5.53. The average molecular weight is 296 g/mol. The fourth-order valence-corrected chi connectivity index (χ4v) is 3.15. The molecule has 0 saturated heterocycles. The van der Waals surface area contributed by atoms with Gasteiger partial charge in [-0.3, -0.25) is 0 Å². The van der Waals surface area contributed by atoms with Crippen molar-refractivity contribution >= 4 is 32.8 Å². The van der Waals surface area contributed by atoms with Crippen molar-refractivity contribution in [3.05, 3.63) is 73.1 Å². The van der Waals surface area contributed by atoms with Crippen molar-refractivity contribution < 1.29 is 4.42 Å². The minimum Gasteiger partial charge on any atom is -0.437 e. The molecule has 0 saturated carbocycles. The van der Waals surface area contributed by atoms with Gasteiger partial charge in [-0.1, -0.05) is 60.7 Å². The van der Waals surface area contributed by atoms with Crippen LogP contribution >= 0.6 is 0 Å². The van der Waals surface area contributed by atoms with Crippen LogP contribution in [-0.2, 0) is 0 Å². The second kappa shape index (κ2) is 4.65. The maximum atomic E-state index is 6.08. The van der Waals surface area contributed by atoms with Crippen LogP contribution in [0.1, 0.15) is 0 Å². The molecule has 2 aromatic heterocycles. The van der Waals surface area contributed by atoms with Gasteiger partial charge in [0, 0.05) is 16.3 Å². The number of furan rings is 1. The highest BCUT2D eigenvalue weighted by molar-refractivity contribution is 6.17. The third kappa shape index (κ3) is 1.77. The Kier molecular flexibility index (Phi) is 2.50. The van der Waals surface area contributed by atoms with Crippen LogP contribution in [0, 0.1) is 0 Å². The molecule has 0 N–H and O–H groups in total. The van der Waals surface area contributed by atoms with E-state index in [9.17, 15) is 0 Å². The molecule has 0 amide bonds. The molecule has 0 radical (unpaired) electrons. The first-order valence-electron chi connectivity index (χ1n) is 7.52. The van der Waals surface area contributed by atoms with Crippen molar-refractivity contribution in [2.75, 3.05) is 0 Å².